The first-order chi connectivity index (χ1) is 19.7. The Morgan fingerprint density at radius 1 is 0.951 bits per heavy atom. The average Bonchev–Trinajstić information content (AvgIpc) is 3.33. The molecule has 11 heteroatoms. The maximum Gasteiger partial charge on any atom is 0.259 e. The maximum atomic E-state index is 14.2. The summed E-state index contributed by atoms with van der Waals surface area (Å²) >= 11 is 18.8. The van der Waals surface area contributed by atoms with Crippen molar-refractivity contribution in [1.82, 2.24) is 15.0 Å². The molecular formula is C30H26Cl3F2N3O3. The van der Waals surface area contributed by atoms with Crippen molar-refractivity contribution in [3.05, 3.63) is 110 Å². The fraction of sp³-hybridized carbons (Fsp3) is 0.267. The van der Waals surface area contributed by atoms with Gasteiger partial charge in [-0.15, -0.1) is 0 Å². The predicted octanol–water partition coefficient (Wildman–Crippen LogP) is 7.60. The number of aromatic nitrogens is 1. The molecule has 0 radical (unpaired) electrons. The van der Waals surface area contributed by atoms with Gasteiger partial charge in [-0.1, -0.05) is 64.2 Å². The summed E-state index contributed by atoms with van der Waals surface area (Å²) in [6.07, 6.45) is -0.484. The molecule has 6 nitrogen and oxygen atoms in total. The number of amides is 1. The summed E-state index contributed by atoms with van der Waals surface area (Å²) in [7, 11) is 0. The van der Waals surface area contributed by atoms with Crippen LogP contribution in [0, 0.1) is 18.6 Å². The highest BCUT2D eigenvalue weighted by Crippen LogP contribution is 2.37. The predicted molar refractivity (Wildman–Crippen MR) is 154 cm³/mol. The van der Waals surface area contributed by atoms with Gasteiger partial charge in [-0.3, -0.25) is 9.69 Å². The molecule has 5 rings (SSSR count). The summed E-state index contributed by atoms with van der Waals surface area (Å²) in [6, 6.07) is 16.0. The molecule has 4 aromatic rings. The van der Waals surface area contributed by atoms with Crippen molar-refractivity contribution in [1.29, 1.82) is 0 Å². The second-order valence-electron chi connectivity index (χ2n) is 9.70. The lowest BCUT2D eigenvalue weighted by molar-refractivity contribution is 0.00144. The van der Waals surface area contributed by atoms with Crippen LogP contribution >= 0.6 is 34.8 Å². The summed E-state index contributed by atoms with van der Waals surface area (Å²) in [4.78, 5) is 17.5. The summed E-state index contributed by atoms with van der Waals surface area (Å²) in [5.74, 6) is -1.17. The first kappa shape index (κ1) is 29.5. The molecule has 1 aliphatic heterocycles. The van der Waals surface area contributed by atoms with Crippen LogP contribution in [-0.2, 0) is 11.3 Å². The van der Waals surface area contributed by atoms with Crippen LogP contribution in [0.1, 0.15) is 33.3 Å². The molecule has 1 aliphatic rings. The minimum absolute atomic E-state index is 0.125. The van der Waals surface area contributed by atoms with E-state index in [9.17, 15) is 13.6 Å². The van der Waals surface area contributed by atoms with Crippen molar-refractivity contribution in [2.24, 2.45) is 0 Å². The molecule has 1 amide bonds. The number of benzene rings is 3. The van der Waals surface area contributed by atoms with Gasteiger partial charge >= 0.3 is 0 Å². The molecule has 1 fully saturated rings. The highest BCUT2D eigenvalue weighted by Gasteiger charge is 2.31. The van der Waals surface area contributed by atoms with E-state index in [1.165, 1.54) is 18.2 Å². The number of hydrogen-bond acceptors (Lipinski definition) is 5. The van der Waals surface area contributed by atoms with E-state index in [2.05, 4.69) is 10.1 Å². The number of nitrogens with zero attached hydrogens (tertiary/aromatic N) is 3. The Hall–Kier alpha value is -3.01. The quantitative estimate of drug-likeness (QED) is 0.203. The Kier molecular flexibility index (Phi) is 9.26. The fourth-order valence-corrected chi connectivity index (χ4v) is 5.53. The van der Waals surface area contributed by atoms with Gasteiger partial charge in [0, 0.05) is 48.9 Å². The van der Waals surface area contributed by atoms with Crippen LogP contribution in [0.4, 0.5) is 8.78 Å². The topological polar surface area (TPSA) is 58.8 Å². The van der Waals surface area contributed by atoms with Crippen molar-refractivity contribution < 1.29 is 22.8 Å². The summed E-state index contributed by atoms with van der Waals surface area (Å²) in [5.41, 5.74) is 1.78. The van der Waals surface area contributed by atoms with Gasteiger partial charge in [0.25, 0.3) is 5.91 Å². The van der Waals surface area contributed by atoms with Crippen molar-refractivity contribution >= 4 is 40.7 Å². The molecule has 41 heavy (non-hydrogen) atoms. The molecule has 1 atom stereocenters. The van der Waals surface area contributed by atoms with E-state index in [0.29, 0.717) is 70.4 Å². The van der Waals surface area contributed by atoms with Crippen molar-refractivity contribution in [3.8, 4) is 11.3 Å². The summed E-state index contributed by atoms with van der Waals surface area (Å²) < 4.78 is 39.9. The molecular weight excluding hydrogens is 595 g/mol. The van der Waals surface area contributed by atoms with Crippen molar-refractivity contribution in [3.63, 3.8) is 0 Å². The zero-order chi connectivity index (χ0) is 29.1. The zero-order valence-corrected chi connectivity index (χ0v) is 24.3. The second kappa shape index (κ2) is 12.9. The zero-order valence-electron chi connectivity index (χ0n) is 22.0. The third-order valence-electron chi connectivity index (χ3n) is 7.09. The van der Waals surface area contributed by atoms with Gasteiger partial charge in [0.05, 0.1) is 22.8 Å². The Labute approximate surface area is 251 Å². The number of hydrogen-bond donors (Lipinski definition) is 0. The normalized spacial score (nSPS) is 14.8. The average molecular weight is 621 g/mol. The van der Waals surface area contributed by atoms with E-state index in [-0.39, 0.29) is 18.1 Å². The molecule has 0 aliphatic carbocycles. The van der Waals surface area contributed by atoms with Crippen molar-refractivity contribution in [2.75, 3.05) is 32.7 Å². The van der Waals surface area contributed by atoms with Crippen LogP contribution in [0.3, 0.4) is 0 Å². The van der Waals surface area contributed by atoms with E-state index in [1.807, 2.05) is 12.1 Å². The maximum absolute atomic E-state index is 14.2. The van der Waals surface area contributed by atoms with Crippen LogP contribution in [0.25, 0.3) is 11.3 Å². The summed E-state index contributed by atoms with van der Waals surface area (Å²) in [5, 5.41) is 5.40. The highest BCUT2D eigenvalue weighted by atomic mass is 35.5. The Morgan fingerprint density at radius 3 is 2.20 bits per heavy atom. The SMILES string of the molecule is Cc1onc(-c2c(Cl)cccc2Cl)c1C(=O)N1CCN(C[C@H](OCc2c(F)cccc2F)c2ccc(Cl)cc2)CC1. The largest absolute Gasteiger partial charge is 0.367 e. The van der Waals surface area contributed by atoms with E-state index in [4.69, 9.17) is 44.1 Å². The van der Waals surface area contributed by atoms with Gasteiger partial charge in [0.1, 0.15) is 28.7 Å². The second-order valence-corrected chi connectivity index (χ2v) is 11.0. The molecule has 2 heterocycles. The van der Waals surface area contributed by atoms with E-state index in [1.54, 1.807) is 42.2 Å². The van der Waals surface area contributed by atoms with Gasteiger partial charge in [0.2, 0.25) is 0 Å². The standard InChI is InChI=1S/C30H26Cl3F2N3O3/c1-18-27(29(36-41-18)28-22(32)4-2-5-23(28)33)30(39)38-14-12-37(13-15-38)16-26(19-8-10-20(31)11-9-19)40-17-21-24(34)6-3-7-25(21)35/h2-11,26H,12-17H2,1H3/t26-/m0/s1. The molecule has 0 unspecified atom stereocenters. The van der Waals surface area contributed by atoms with Gasteiger partial charge < -0.3 is 14.2 Å². The number of piperazine rings is 1. The number of halogens is 5. The third-order valence-corrected chi connectivity index (χ3v) is 7.97. The van der Waals surface area contributed by atoms with Gasteiger partial charge in [-0.25, -0.2) is 8.78 Å². The number of rotatable bonds is 8. The van der Waals surface area contributed by atoms with Crippen LogP contribution in [0.2, 0.25) is 15.1 Å². The van der Waals surface area contributed by atoms with Gasteiger partial charge in [-0.05, 0) is 48.9 Å². The fourth-order valence-electron chi connectivity index (χ4n) is 4.83. The van der Waals surface area contributed by atoms with Crippen LogP contribution in [0.15, 0.2) is 65.2 Å². The van der Waals surface area contributed by atoms with E-state index < -0.39 is 17.7 Å². The number of carbonyl (C=O) groups excluding carboxylic acids is 1. The summed E-state index contributed by atoms with van der Waals surface area (Å²) in [6.45, 7) is 3.89. The lowest BCUT2D eigenvalue weighted by Crippen LogP contribution is -2.49. The first-order valence-corrected chi connectivity index (χ1v) is 14.1. The van der Waals surface area contributed by atoms with Crippen LogP contribution in [0.5, 0.6) is 0 Å². The van der Waals surface area contributed by atoms with Gasteiger partial charge in [0.15, 0.2) is 0 Å². The minimum atomic E-state index is -0.659. The third kappa shape index (κ3) is 6.58. The number of aryl methyl sites for hydroxylation is 1. The molecule has 0 bridgehead atoms. The molecule has 1 saturated heterocycles. The minimum Gasteiger partial charge on any atom is -0.367 e. The Balaban J connectivity index is 1.28. The van der Waals surface area contributed by atoms with Crippen LogP contribution in [-0.4, -0.2) is 53.6 Å². The Morgan fingerprint density at radius 2 is 1.56 bits per heavy atom. The van der Waals surface area contributed by atoms with E-state index >= 15 is 0 Å². The number of carbonyl (C=O) groups is 1. The van der Waals surface area contributed by atoms with Gasteiger partial charge in [-0.2, -0.15) is 0 Å². The van der Waals surface area contributed by atoms with Crippen LogP contribution < -0.4 is 0 Å². The van der Waals surface area contributed by atoms with E-state index in [0.717, 1.165) is 5.56 Å². The Bertz CT molecular complexity index is 1500. The molecule has 0 saturated carbocycles. The molecule has 0 N–H and O–H groups in total. The molecule has 3 aromatic carbocycles. The van der Waals surface area contributed by atoms with Crippen molar-refractivity contribution in [2.45, 2.75) is 19.6 Å². The molecule has 0 spiro atoms. The lowest BCUT2D eigenvalue weighted by Gasteiger charge is -2.36. The lowest BCUT2D eigenvalue weighted by atomic mass is 10.0. The smallest absolute Gasteiger partial charge is 0.259 e. The first-order valence-electron chi connectivity index (χ1n) is 12.9. The molecule has 1 aromatic heterocycles. The monoisotopic (exact) mass is 619 g/mol. The molecule has 214 valence electrons. The number of ether oxygens (including phenoxy) is 1. The highest BCUT2D eigenvalue weighted by molar-refractivity contribution is 6.39.